The molecule has 1 aliphatic rings. The third-order valence-corrected chi connectivity index (χ3v) is 5.03. The SMILES string of the molecule is Cc1cccc(C(=O)N2N=C(c3ccco3)CC2c2cccs2)c1. The van der Waals surface area contributed by atoms with Crippen LogP contribution in [-0.2, 0) is 0 Å². The molecule has 1 atom stereocenters. The van der Waals surface area contributed by atoms with Gasteiger partial charge in [-0.05, 0) is 42.6 Å². The van der Waals surface area contributed by atoms with E-state index in [1.54, 1.807) is 22.6 Å². The molecule has 3 aromatic rings. The first kappa shape index (κ1) is 14.9. The number of hydrazone groups is 1. The minimum Gasteiger partial charge on any atom is -0.463 e. The molecular weight excluding hydrogens is 320 g/mol. The first-order chi connectivity index (χ1) is 11.7. The Morgan fingerprint density at radius 2 is 2.17 bits per heavy atom. The van der Waals surface area contributed by atoms with Crippen molar-refractivity contribution >= 4 is 23.0 Å². The highest BCUT2D eigenvalue weighted by atomic mass is 32.1. The molecule has 0 N–H and O–H groups in total. The quantitative estimate of drug-likeness (QED) is 0.699. The molecule has 0 saturated carbocycles. The van der Waals surface area contributed by atoms with E-state index in [1.807, 2.05) is 60.8 Å². The van der Waals surface area contributed by atoms with Crippen molar-refractivity contribution in [3.63, 3.8) is 0 Å². The van der Waals surface area contributed by atoms with E-state index < -0.39 is 0 Å². The smallest absolute Gasteiger partial charge is 0.274 e. The average molecular weight is 336 g/mol. The van der Waals surface area contributed by atoms with Gasteiger partial charge in [0.05, 0.1) is 12.3 Å². The van der Waals surface area contributed by atoms with Gasteiger partial charge in [-0.2, -0.15) is 5.10 Å². The number of benzene rings is 1. The maximum atomic E-state index is 13.0. The molecule has 2 aromatic heterocycles. The summed E-state index contributed by atoms with van der Waals surface area (Å²) in [6.45, 7) is 1.98. The Labute approximate surface area is 144 Å². The number of carbonyl (C=O) groups excluding carboxylic acids is 1. The number of thiophene rings is 1. The number of nitrogens with zero attached hydrogens (tertiary/aromatic N) is 2. The summed E-state index contributed by atoms with van der Waals surface area (Å²) in [6, 6.07) is 15.3. The number of aryl methyl sites for hydroxylation is 1. The highest BCUT2D eigenvalue weighted by Gasteiger charge is 2.35. The van der Waals surface area contributed by atoms with Gasteiger partial charge in [0.1, 0.15) is 11.5 Å². The van der Waals surface area contributed by atoms with E-state index in [1.165, 1.54) is 0 Å². The molecule has 1 aliphatic heterocycles. The van der Waals surface area contributed by atoms with Gasteiger partial charge in [0.25, 0.3) is 5.91 Å². The molecule has 4 rings (SSSR count). The monoisotopic (exact) mass is 336 g/mol. The van der Waals surface area contributed by atoms with Gasteiger partial charge in [0.15, 0.2) is 0 Å². The summed E-state index contributed by atoms with van der Waals surface area (Å²) in [5.74, 6) is 0.634. The van der Waals surface area contributed by atoms with Crippen molar-refractivity contribution in [1.82, 2.24) is 5.01 Å². The Bertz CT molecular complexity index is 882. The predicted octanol–water partition coefficient (Wildman–Crippen LogP) is 4.64. The molecule has 0 radical (unpaired) electrons. The highest BCUT2D eigenvalue weighted by molar-refractivity contribution is 7.10. The van der Waals surface area contributed by atoms with Gasteiger partial charge in [0.2, 0.25) is 0 Å². The number of carbonyl (C=O) groups is 1. The Hall–Kier alpha value is -2.66. The molecule has 0 bridgehead atoms. The molecule has 1 aromatic carbocycles. The van der Waals surface area contributed by atoms with E-state index in [4.69, 9.17) is 4.42 Å². The number of hydrogen-bond acceptors (Lipinski definition) is 4. The molecule has 0 saturated heterocycles. The molecule has 24 heavy (non-hydrogen) atoms. The first-order valence-corrected chi connectivity index (χ1v) is 8.65. The molecule has 3 heterocycles. The van der Waals surface area contributed by atoms with Crippen molar-refractivity contribution in [3.8, 4) is 0 Å². The summed E-state index contributed by atoms with van der Waals surface area (Å²) < 4.78 is 5.47. The number of rotatable bonds is 3. The Kier molecular flexibility index (Phi) is 3.78. The number of hydrogen-bond donors (Lipinski definition) is 0. The maximum absolute atomic E-state index is 13.0. The second-order valence-electron chi connectivity index (χ2n) is 5.78. The minimum atomic E-state index is -0.0851. The van der Waals surface area contributed by atoms with Crippen molar-refractivity contribution in [3.05, 3.63) is 81.9 Å². The predicted molar refractivity (Wildman–Crippen MR) is 94.3 cm³/mol. The van der Waals surface area contributed by atoms with E-state index in [0.29, 0.717) is 12.0 Å². The van der Waals surface area contributed by atoms with Crippen molar-refractivity contribution in [2.45, 2.75) is 19.4 Å². The Morgan fingerprint density at radius 3 is 2.88 bits per heavy atom. The van der Waals surface area contributed by atoms with Gasteiger partial charge in [-0.15, -0.1) is 11.3 Å². The second-order valence-corrected chi connectivity index (χ2v) is 6.76. The molecule has 4 nitrogen and oxygen atoms in total. The van der Waals surface area contributed by atoms with Crippen LogP contribution in [0.25, 0.3) is 0 Å². The van der Waals surface area contributed by atoms with Crippen LogP contribution in [-0.4, -0.2) is 16.6 Å². The van der Waals surface area contributed by atoms with Gasteiger partial charge in [0, 0.05) is 16.9 Å². The maximum Gasteiger partial charge on any atom is 0.274 e. The van der Waals surface area contributed by atoms with E-state index in [-0.39, 0.29) is 11.9 Å². The summed E-state index contributed by atoms with van der Waals surface area (Å²) in [5, 5.41) is 8.21. The summed E-state index contributed by atoms with van der Waals surface area (Å²) in [6.07, 6.45) is 2.29. The topological polar surface area (TPSA) is 45.8 Å². The highest BCUT2D eigenvalue weighted by Crippen LogP contribution is 2.36. The van der Waals surface area contributed by atoms with Gasteiger partial charge in [-0.25, -0.2) is 5.01 Å². The third-order valence-electron chi connectivity index (χ3n) is 4.06. The molecule has 120 valence electrons. The van der Waals surface area contributed by atoms with E-state index >= 15 is 0 Å². The number of furan rings is 1. The minimum absolute atomic E-state index is 0.0846. The van der Waals surface area contributed by atoms with Crippen LogP contribution in [0.4, 0.5) is 0 Å². The van der Waals surface area contributed by atoms with E-state index in [2.05, 4.69) is 5.10 Å². The summed E-state index contributed by atoms with van der Waals surface area (Å²) in [4.78, 5) is 14.1. The van der Waals surface area contributed by atoms with E-state index in [9.17, 15) is 4.79 Å². The van der Waals surface area contributed by atoms with Crippen LogP contribution < -0.4 is 0 Å². The largest absolute Gasteiger partial charge is 0.463 e. The summed E-state index contributed by atoms with van der Waals surface area (Å²) >= 11 is 1.64. The van der Waals surface area contributed by atoms with Crippen molar-refractivity contribution < 1.29 is 9.21 Å². The van der Waals surface area contributed by atoms with Crippen molar-refractivity contribution in [1.29, 1.82) is 0 Å². The Morgan fingerprint density at radius 1 is 1.25 bits per heavy atom. The van der Waals surface area contributed by atoms with Gasteiger partial charge < -0.3 is 4.42 Å². The lowest BCUT2D eigenvalue weighted by molar-refractivity contribution is 0.0713. The fourth-order valence-electron chi connectivity index (χ4n) is 2.90. The van der Waals surface area contributed by atoms with Gasteiger partial charge >= 0.3 is 0 Å². The molecule has 0 fully saturated rings. The fraction of sp³-hybridized carbons (Fsp3) is 0.158. The van der Waals surface area contributed by atoms with Crippen LogP contribution in [0, 0.1) is 6.92 Å². The van der Waals surface area contributed by atoms with Gasteiger partial charge in [-0.1, -0.05) is 23.8 Å². The lowest BCUT2D eigenvalue weighted by Crippen LogP contribution is -2.26. The second kappa shape index (κ2) is 6.09. The van der Waals surface area contributed by atoms with Crippen molar-refractivity contribution in [2.75, 3.05) is 0 Å². The van der Waals surface area contributed by atoms with Crippen LogP contribution in [0.3, 0.4) is 0 Å². The molecular formula is C19H16N2O2S. The standard InChI is InChI=1S/C19H16N2O2S/c1-13-5-2-6-14(11-13)19(22)21-16(18-8-4-10-24-18)12-15(20-21)17-7-3-9-23-17/h2-11,16H,12H2,1H3. The first-order valence-electron chi connectivity index (χ1n) is 7.77. The normalized spacial score (nSPS) is 17.1. The average Bonchev–Trinajstić information content (AvgIpc) is 3.32. The molecule has 1 amide bonds. The third kappa shape index (κ3) is 2.67. The lowest BCUT2D eigenvalue weighted by atomic mass is 10.1. The van der Waals surface area contributed by atoms with Crippen LogP contribution in [0.2, 0.25) is 0 Å². The van der Waals surface area contributed by atoms with Crippen LogP contribution in [0.5, 0.6) is 0 Å². The zero-order valence-electron chi connectivity index (χ0n) is 13.2. The zero-order valence-corrected chi connectivity index (χ0v) is 14.0. The molecule has 0 spiro atoms. The van der Waals surface area contributed by atoms with Gasteiger partial charge in [-0.3, -0.25) is 4.79 Å². The molecule has 1 unspecified atom stereocenters. The molecule has 0 aliphatic carbocycles. The summed E-state index contributed by atoms with van der Waals surface area (Å²) in [7, 11) is 0. The van der Waals surface area contributed by atoms with Crippen molar-refractivity contribution in [2.24, 2.45) is 5.10 Å². The van der Waals surface area contributed by atoms with Crippen LogP contribution >= 0.6 is 11.3 Å². The van der Waals surface area contributed by atoms with Crippen LogP contribution in [0.1, 0.15) is 39.0 Å². The lowest BCUT2D eigenvalue weighted by Gasteiger charge is -2.20. The molecule has 5 heteroatoms. The Balaban J connectivity index is 1.72. The van der Waals surface area contributed by atoms with E-state index in [0.717, 1.165) is 21.9 Å². The zero-order chi connectivity index (χ0) is 16.5. The fourth-order valence-corrected chi connectivity index (χ4v) is 3.71. The summed E-state index contributed by atoms with van der Waals surface area (Å²) in [5.41, 5.74) is 2.52. The number of amides is 1. The van der Waals surface area contributed by atoms with Crippen LogP contribution in [0.15, 0.2) is 69.7 Å².